The van der Waals surface area contributed by atoms with Crippen LogP contribution in [-0.4, -0.2) is 59.1 Å². The van der Waals surface area contributed by atoms with Gasteiger partial charge in [-0.2, -0.15) is 0 Å². The molecule has 2 aliphatic rings. The van der Waals surface area contributed by atoms with E-state index in [1.807, 2.05) is 24.3 Å². The van der Waals surface area contributed by atoms with Crippen molar-refractivity contribution >= 4 is 21.6 Å². The van der Waals surface area contributed by atoms with Crippen LogP contribution in [0, 0.1) is 0 Å². The third-order valence-electron chi connectivity index (χ3n) is 7.02. The molecule has 0 spiro atoms. The molecule has 184 valence electrons. The molecule has 8 heteroatoms. The standard InChI is InChI=1S/C26H35N3O4S/c1-28(21-10-4-3-5-11-21)17-8-16-27-26(30)23-19-22(13-14-25(23)33-2)34(31,32)29-18-15-20-9-6-7-12-24(20)29/h6-7,9,12-14,19,21H,3-5,8,10-11,15-18H2,1-2H3,(H,27,30). The Morgan fingerprint density at radius 3 is 2.68 bits per heavy atom. The zero-order valence-corrected chi connectivity index (χ0v) is 20.9. The second-order valence-corrected chi connectivity index (χ2v) is 11.1. The van der Waals surface area contributed by atoms with Crippen molar-refractivity contribution in [3.05, 3.63) is 53.6 Å². The van der Waals surface area contributed by atoms with Gasteiger partial charge in [0.15, 0.2) is 0 Å². The Morgan fingerprint density at radius 2 is 1.91 bits per heavy atom. The monoisotopic (exact) mass is 485 g/mol. The van der Waals surface area contributed by atoms with Gasteiger partial charge in [-0.3, -0.25) is 9.10 Å². The smallest absolute Gasteiger partial charge is 0.264 e. The summed E-state index contributed by atoms with van der Waals surface area (Å²) in [4.78, 5) is 15.4. The van der Waals surface area contributed by atoms with Crippen LogP contribution in [0.25, 0.3) is 0 Å². The molecular formula is C26H35N3O4S. The maximum absolute atomic E-state index is 13.4. The molecular weight excluding hydrogens is 450 g/mol. The van der Waals surface area contributed by atoms with E-state index in [-0.39, 0.29) is 16.4 Å². The minimum absolute atomic E-state index is 0.0900. The Hall–Kier alpha value is -2.58. The molecule has 0 bridgehead atoms. The fraction of sp³-hybridized carbons (Fsp3) is 0.500. The van der Waals surface area contributed by atoms with Gasteiger partial charge < -0.3 is 15.0 Å². The number of fused-ring (bicyclic) bond motifs is 1. The minimum Gasteiger partial charge on any atom is -0.496 e. The summed E-state index contributed by atoms with van der Waals surface area (Å²) in [6.45, 7) is 1.84. The zero-order valence-electron chi connectivity index (χ0n) is 20.1. The van der Waals surface area contributed by atoms with Gasteiger partial charge in [0.25, 0.3) is 15.9 Å². The van der Waals surface area contributed by atoms with Crippen LogP contribution < -0.4 is 14.4 Å². The molecule has 0 saturated heterocycles. The number of nitrogens with one attached hydrogen (secondary N) is 1. The molecule has 0 aromatic heterocycles. The van der Waals surface area contributed by atoms with Gasteiger partial charge in [-0.25, -0.2) is 8.42 Å². The lowest BCUT2D eigenvalue weighted by Gasteiger charge is -2.31. The first kappa shape index (κ1) is 24.5. The quantitative estimate of drug-likeness (QED) is 0.546. The highest BCUT2D eigenvalue weighted by Crippen LogP contribution is 2.34. The summed E-state index contributed by atoms with van der Waals surface area (Å²) in [5, 5.41) is 2.94. The van der Waals surface area contributed by atoms with Gasteiger partial charge in [-0.1, -0.05) is 37.5 Å². The number of carbonyl (C=O) groups is 1. The van der Waals surface area contributed by atoms with Crippen LogP contribution >= 0.6 is 0 Å². The fourth-order valence-electron chi connectivity index (χ4n) is 5.04. The summed E-state index contributed by atoms with van der Waals surface area (Å²) in [6.07, 6.45) is 7.95. The number of methoxy groups -OCH3 is 1. The number of ether oxygens (including phenoxy) is 1. The van der Waals surface area contributed by atoms with Gasteiger partial charge in [0.2, 0.25) is 0 Å². The van der Waals surface area contributed by atoms with Crippen LogP contribution in [0.3, 0.4) is 0 Å². The maximum atomic E-state index is 13.4. The first-order valence-electron chi connectivity index (χ1n) is 12.2. The van der Waals surface area contributed by atoms with Crippen molar-refractivity contribution in [1.29, 1.82) is 0 Å². The molecule has 1 aliphatic carbocycles. The number of hydrogen-bond donors (Lipinski definition) is 1. The van der Waals surface area contributed by atoms with Gasteiger partial charge in [0.05, 0.1) is 23.3 Å². The number of anilines is 1. The SMILES string of the molecule is COc1ccc(S(=O)(=O)N2CCc3ccccc32)cc1C(=O)NCCCN(C)C1CCCCC1. The summed E-state index contributed by atoms with van der Waals surface area (Å²) in [5.74, 6) is 0.0358. The molecule has 1 heterocycles. The molecule has 34 heavy (non-hydrogen) atoms. The second-order valence-electron chi connectivity index (χ2n) is 9.20. The number of hydrogen-bond acceptors (Lipinski definition) is 5. The third kappa shape index (κ3) is 5.23. The Morgan fingerprint density at radius 1 is 1.15 bits per heavy atom. The van der Waals surface area contributed by atoms with E-state index in [1.165, 1.54) is 55.7 Å². The van der Waals surface area contributed by atoms with E-state index in [1.54, 1.807) is 6.07 Å². The Bertz CT molecular complexity index is 1110. The highest BCUT2D eigenvalue weighted by atomic mass is 32.2. The largest absolute Gasteiger partial charge is 0.496 e. The van der Waals surface area contributed by atoms with Gasteiger partial charge in [0.1, 0.15) is 5.75 Å². The lowest BCUT2D eigenvalue weighted by atomic mass is 9.94. The number of para-hydroxylation sites is 1. The Labute approximate surface area is 203 Å². The first-order chi connectivity index (χ1) is 16.4. The van der Waals surface area contributed by atoms with Crippen LogP contribution in [0.4, 0.5) is 5.69 Å². The Kier molecular flexibility index (Phi) is 7.78. The van der Waals surface area contributed by atoms with Gasteiger partial charge in [-0.15, -0.1) is 0 Å². The maximum Gasteiger partial charge on any atom is 0.264 e. The molecule has 1 amide bonds. The highest BCUT2D eigenvalue weighted by Gasteiger charge is 2.31. The molecule has 2 aromatic rings. The molecule has 1 aliphatic heterocycles. The van der Waals surface area contributed by atoms with Gasteiger partial charge >= 0.3 is 0 Å². The first-order valence-corrected chi connectivity index (χ1v) is 13.6. The molecule has 1 N–H and O–H groups in total. The predicted octanol–water partition coefficient (Wildman–Crippen LogP) is 3.83. The number of benzene rings is 2. The van der Waals surface area contributed by atoms with Crippen molar-refractivity contribution in [2.24, 2.45) is 0 Å². The summed E-state index contributed by atoms with van der Waals surface area (Å²) >= 11 is 0. The van der Waals surface area contributed by atoms with Crippen molar-refractivity contribution in [3.63, 3.8) is 0 Å². The number of nitrogens with zero attached hydrogens (tertiary/aromatic N) is 2. The summed E-state index contributed by atoms with van der Waals surface area (Å²) in [6, 6.07) is 12.7. The minimum atomic E-state index is -3.79. The van der Waals surface area contributed by atoms with Crippen molar-refractivity contribution in [1.82, 2.24) is 10.2 Å². The molecule has 0 unspecified atom stereocenters. The summed E-state index contributed by atoms with van der Waals surface area (Å²) in [7, 11) is -0.150. The van der Waals surface area contributed by atoms with E-state index < -0.39 is 10.0 Å². The average molecular weight is 486 g/mol. The number of carbonyl (C=O) groups excluding carboxylic acids is 1. The normalized spacial score (nSPS) is 16.5. The number of amides is 1. The molecule has 2 aromatic carbocycles. The predicted molar refractivity (Wildman–Crippen MR) is 134 cm³/mol. The molecule has 0 atom stereocenters. The lowest BCUT2D eigenvalue weighted by molar-refractivity contribution is 0.0947. The highest BCUT2D eigenvalue weighted by molar-refractivity contribution is 7.92. The molecule has 4 rings (SSSR count). The van der Waals surface area contributed by atoms with E-state index in [2.05, 4.69) is 17.3 Å². The zero-order chi connectivity index (χ0) is 24.1. The third-order valence-corrected chi connectivity index (χ3v) is 8.83. The summed E-state index contributed by atoms with van der Waals surface area (Å²) < 4.78 is 33.6. The molecule has 0 radical (unpaired) electrons. The van der Waals surface area contributed by atoms with Crippen molar-refractivity contribution < 1.29 is 17.9 Å². The van der Waals surface area contributed by atoms with Crippen molar-refractivity contribution in [2.75, 3.05) is 38.1 Å². The fourth-order valence-corrected chi connectivity index (χ4v) is 6.57. The summed E-state index contributed by atoms with van der Waals surface area (Å²) in [5.41, 5.74) is 1.94. The lowest BCUT2D eigenvalue weighted by Crippen LogP contribution is -2.36. The van der Waals surface area contributed by atoms with Gasteiger partial charge in [0, 0.05) is 19.1 Å². The second kappa shape index (κ2) is 10.8. The van der Waals surface area contributed by atoms with E-state index in [0.717, 1.165) is 18.5 Å². The van der Waals surface area contributed by atoms with Crippen LogP contribution in [0.5, 0.6) is 5.75 Å². The Balaban J connectivity index is 1.42. The molecule has 1 fully saturated rings. The number of sulfonamides is 1. The van der Waals surface area contributed by atoms with Gasteiger partial charge in [-0.05, 0) is 69.1 Å². The van der Waals surface area contributed by atoms with E-state index in [9.17, 15) is 13.2 Å². The van der Waals surface area contributed by atoms with E-state index in [0.29, 0.717) is 37.0 Å². The molecule has 1 saturated carbocycles. The van der Waals surface area contributed by atoms with Crippen LogP contribution in [0.1, 0.15) is 54.4 Å². The van der Waals surface area contributed by atoms with Crippen molar-refractivity contribution in [3.8, 4) is 5.75 Å². The van der Waals surface area contributed by atoms with Crippen molar-refractivity contribution in [2.45, 2.75) is 55.9 Å². The molecule has 7 nitrogen and oxygen atoms in total. The average Bonchev–Trinajstić information content (AvgIpc) is 3.31. The van der Waals surface area contributed by atoms with E-state index in [4.69, 9.17) is 4.74 Å². The number of rotatable bonds is 9. The van der Waals surface area contributed by atoms with Crippen LogP contribution in [0.2, 0.25) is 0 Å². The van der Waals surface area contributed by atoms with E-state index >= 15 is 0 Å². The van der Waals surface area contributed by atoms with Crippen LogP contribution in [-0.2, 0) is 16.4 Å². The topological polar surface area (TPSA) is 79.0 Å². The van der Waals surface area contributed by atoms with Crippen LogP contribution in [0.15, 0.2) is 47.4 Å².